The second-order valence-corrected chi connectivity index (χ2v) is 6.09. The van der Waals surface area contributed by atoms with Gasteiger partial charge in [-0.15, -0.1) is 0 Å². The summed E-state index contributed by atoms with van der Waals surface area (Å²) in [4.78, 5) is 24.1. The highest BCUT2D eigenvalue weighted by molar-refractivity contribution is 6.31. The SMILES string of the molecule is O=C(Nc1c(OCc2ccccc2Cl)cccc1C(=O)O)c1ccccc1. The molecule has 0 saturated heterocycles. The fraction of sp³-hybridized carbons (Fsp3) is 0.0476. The summed E-state index contributed by atoms with van der Waals surface area (Å²) in [5.41, 5.74) is 1.21. The number of hydrogen-bond donors (Lipinski definition) is 2. The van der Waals surface area contributed by atoms with Crippen LogP contribution >= 0.6 is 11.6 Å². The van der Waals surface area contributed by atoms with Gasteiger partial charge in [0.15, 0.2) is 0 Å². The van der Waals surface area contributed by atoms with Crippen molar-refractivity contribution in [2.45, 2.75) is 6.61 Å². The van der Waals surface area contributed by atoms with Crippen molar-refractivity contribution in [2.24, 2.45) is 0 Å². The number of amides is 1. The molecule has 1 amide bonds. The number of ether oxygens (including phenoxy) is 1. The van der Waals surface area contributed by atoms with Crippen LogP contribution in [-0.4, -0.2) is 17.0 Å². The van der Waals surface area contributed by atoms with Gasteiger partial charge in [-0.05, 0) is 30.3 Å². The minimum atomic E-state index is -1.17. The van der Waals surface area contributed by atoms with E-state index in [2.05, 4.69) is 5.32 Å². The van der Waals surface area contributed by atoms with Crippen LogP contribution in [0.25, 0.3) is 0 Å². The maximum atomic E-state index is 12.5. The largest absolute Gasteiger partial charge is 0.487 e. The molecular weight excluding hydrogens is 366 g/mol. The number of hydrogen-bond acceptors (Lipinski definition) is 3. The van der Waals surface area contributed by atoms with Crippen LogP contribution in [0.3, 0.4) is 0 Å². The zero-order valence-electron chi connectivity index (χ0n) is 14.2. The predicted octanol–water partition coefficient (Wildman–Crippen LogP) is 4.87. The molecule has 0 aliphatic carbocycles. The Bertz CT molecular complexity index is 973. The van der Waals surface area contributed by atoms with Crippen molar-refractivity contribution >= 4 is 29.2 Å². The number of carbonyl (C=O) groups is 2. The van der Waals surface area contributed by atoms with Gasteiger partial charge in [0, 0.05) is 16.1 Å². The van der Waals surface area contributed by atoms with E-state index in [-0.39, 0.29) is 23.6 Å². The van der Waals surface area contributed by atoms with Gasteiger partial charge >= 0.3 is 5.97 Å². The molecule has 3 aromatic carbocycles. The summed E-state index contributed by atoms with van der Waals surface area (Å²) in [5.74, 6) is -1.34. The number of nitrogens with one attached hydrogen (secondary N) is 1. The van der Waals surface area contributed by atoms with E-state index < -0.39 is 11.9 Å². The molecule has 2 N–H and O–H groups in total. The van der Waals surface area contributed by atoms with Crippen LogP contribution in [0.1, 0.15) is 26.3 Å². The first kappa shape index (κ1) is 18.5. The number of anilines is 1. The molecule has 3 rings (SSSR count). The third kappa shape index (κ3) is 4.46. The number of para-hydroxylation sites is 1. The molecule has 0 aliphatic rings. The van der Waals surface area contributed by atoms with Gasteiger partial charge < -0.3 is 15.2 Å². The molecule has 0 fully saturated rings. The van der Waals surface area contributed by atoms with Crippen molar-refractivity contribution in [2.75, 3.05) is 5.32 Å². The van der Waals surface area contributed by atoms with Crippen molar-refractivity contribution in [1.82, 2.24) is 0 Å². The molecule has 0 unspecified atom stereocenters. The minimum Gasteiger partial charge on any atom is -0.487 e. The van der Waals surface area contributed by atoms with E-state index in [1.807, 2.05) is 18.2 Å². The van der Waals surface area contributed by atoms with Crippen molar-refractivity contribution in [1.29, 1.82) is 0 Å². The number of benzene rings is 3. The maximum absolute atomic E-state index is 12.5. The minimum absolute atomic E-state index is 0.0593. The van der Waals surface area contributed by atoms with Gasteiger partial charge in [0.2, 0.25) is 0 Å². The van der Waals surface area contributed by atoms with Crippen LogP contribution in [0.2, 0.25) is 5.02 Å². The Kier molecular flexibility index (Phi) is 5.74. The van der Waals surface area contributed by atoms with E-state index in [4.69, 9.17) is 16.3 Å². The third-order valence-corrected chi connectivity index (χ3v) is 4.24. The predicted molar refractivity (Wildman–Crippen MR) is 104 cm³/mol. The second kappa shape index (κ2) is 8.38. The first-order valence-electron chi connectivity index (χ1n) is 8.15. The molecule has 0 aromatic heterocycles. The van der Waals surface area contributed by atoms with E-state index in [9.17, 15) is 14.7 Å². The quantitative estimate of drug-likeness (QED) is 0.638. The highest BCUT2D eigenvalue weighted by Crippen LogP contribution is 2.30. The van der Waals surface area contributed by atoms with E-state index in [1.165, 1.54) is 6.07 Å². The van der Waals surface area contributed by atoms with Gasteiger partial charge in [0.05, 0.1) is 11.3 Å². The van der Waals surface area contributed by atoms with Crippen LogP contribution in [0.15, 0.2) is 72.8 Å². The van der Waals surface area contributed by atoms with Crippen molar-refractivity contribution in [3.8, 4) is 5.75 Å². The summed E-state index contributed by atoms with van der Waals surface area (Å²) in [5, 5.41) is 12.7. The van der Waals surface area contributed by atoms with Crippen LogP contribution in [0.4, 0.5) is 5.69 Å². The Morgan fingerprint density at radius 2 is 1.63 bits per heavy atom. The first-order valence-corrected chi connectivity index (χ1v) is 8.53. The van der Waals surface area contributed by atoms with Crippen LogP contribution in [0.5, 0.6) is 5.75 Å². The Morgan fingerprint density at radius 1 is 0.926 bits per heavy atom. The Labute approximate surface area is 161 Å². The second-order valence-electron chi connectivity index (χ2n) is 5.68. The first-order chi connectivity index (χ1) is 13.1. The van der Waals surface area contributed by atoms with E-state index >= 15 is 0 Å². The van der Waals surface area contributed by atoms with Crippen LogP contribution in [-0.2, 0) is 6.61 Å². The number of rotatable bonds is 6. The molecule has 0 radical (unpaired) electrons. The molecule has 27 heavy (non-hydrogen) atoms. The average Bonchev–Trinajstić information content (AvgIpc) is 2.68. The number of carbonyl (C=O) groups excluding carboxylic acids is 1. The lowest BCUT2D eigenvalue weighted by molar-refractivity contribution is 0.0697. The maximum Gasteiger partial charge on any atom is 0.337 e. The molecule has 0 heterocycles. The van der Waals surface area contributed by atoms with Crippen molar-refractivity contribution in [3.63, 3.8) is 0 Å². The fourth-order valence-corrected chi connectivity index (χ4v) is 2.70. The number of aromatic carboxylic acids is 1. The molecule has 0 atom stereocenters. The normalized spacial score (nSPS) is 10.3. The molecule has 3 aromatic rings. The van der Waals surface area contributed by atoms with Gasteiger partial charge in [-0.1, -0.05) is 54.1 Å². The molecule has 6 heteroatoms. The molecule has 0 saturated carbocycles. The van der Waals surface area contributed by atoms with Gasteiger partial charge in [-0.3, -0.25) is 4.79 Å². The average molecular weight is 382 g/mol. The van der Waals surface area contributed by atoms with Gasteiger partial charge in [-0.2, -0.15) is 0 Å². The smallest absolute Gasteiger partial charge is 0.337 e. The van der Waals surface area contributed by atoms with Gasteiger partial charge in [0.25, 0.3) is 5.91 Å². The third-order valence-electron chi connectivity index (χ3n) is 3.87. The summed E-state index contributed by atoms with van der Waals surface area (Å²) >= 11 is 6.13. The molecule has 0 spiro atoms. The molecular formula is C21H16ClNO4. The Hall–Kier alpha value is -3.31. The van der Waals surface area contributed by atoms with Gasteiger partial charge in [-0.25, -0.2) is 4.79 Å². The molecule has 0 bridgehead atoms. The Balaban J connectivity index is 1.90. The number of carboxylic acids is 1. The van der Waals surface area contributed by atoms with Crippen LogP contribution < -0.4 is 10.1 Å². The zero-order valence-corrected chi connectivity index (χ0v) is 14.9. The lowest BCUT2D eigenvalue weighted by Crippen LogP contribution is -2.16. The summed E-state index contributed by atoms with van der Waals surface area (Å²) in [6.45, 7) is 0.136. The summed E-state index contributed by atoms with van der Waals surface area (Å²) in [6, 6.07) is 20.3. The summed E-state index contributed by atoms with van der Waals surface area (Å²) < 4.78 is 5.77. The number of halogens is 1. The fourth-order valence-electron chi connectivity index (χ4n) is 2.50. The standard InChI is InChI=1S/C21H16ClNO4/c22-17-11-5-4-9-15(17)13-27-18-12-6-10-16(21(25)26)19(18)23-20(24)14-7-2-1-3-8-14/h1-12H,13H2,(H,23,24)(H,25,26). The number of carboxylic acid groups (broad SMARTS) is 1. The highest BCUT2D eigenvalue weighted by Gasteiger charge is 2.18. The zero-order chi connectivity index (χ0) is 19.2. The summed E-state index contributed by atoms with van der Waals surface area (Å²) in [7, 11) is 0. The monoisotopic (exact) mass is 381 g/mol. The van der Waals surface area contributed by atoms with Crippen LogP contribution in [0, 0.1) is 0 Å². The molecule has 5 nitrogen and oxygen atoms in total. The van der Waals surface area contributed by atoms with E-state index in [0.717, 1.165) is 5.56 Å². The van der Waals surface area contributed by atoms with E-state index in [0.29, 0.717) is 10.6 Å². The lowest BCUT2D eigenvalue weighted by Gasteiger charge is -2.15. The lowest BCUT2D eigenvalue weighted by atomic mass is 10.1. The van der Waals surface area contributed by atoms with Gasteiger partial charge in [0.1, 0.15) is 12.4 Å². The Morgan fingerprint density at radius 3 is 2.33 bits per heavy atom. The van der Waals surface area contributed by atoms with Crippen molar-refractivity contribution in [3.05, 3.63) is 94.5 Å². The molecule has 136 valence electrons. The van der Waals surface area contributed by atoms with Crippen molar-refractivity contribution < 1.29 is 19.4 Å². The summed E-state index contributed by atoms with van der Waals surface area (Å²) in [6.07, 6.45) is 0. The topological polar surface area (TPSA) is 75.6 Å². The van der Waals surface area contributed by atoms with E-state index in [1.54, 1.807) is 48.5 Å². The highest BCUT2D eigenvalue weighted by atomic mass is 35.5. The molecule has 0 aliphatic heterocycles.